The van der Waals surface area contributed by atoms with Gasteiger partial charge in [-0.1, -0.05) is 46.3 Å². The van der Waals surface area contributed by atoms with Crippen LogP contribution in [0.25, 0.3) is 0 Å². The van der Waals surface area contributed by atoms with Gasteiger partial charge in [-0.05, 0) is 48.5 Å². The largest absolute Gasteiger partial charge is 0.362 e. The number of hydrogen-bond acceptors (Lipinski definition) is 2. The second kappa shape index (κ2) is 9.18. The number of rotatable bonds is 6. The van der Waals surface area contributed by atoms with Crippen molar-refractivity contribution in [1.29, 1.82) is 0 Å². The molecule has 0 bridgehead atoms. The molecule has 0 atom stereocenters. The summed E-state index contributed by atoms with van der Waals surface area (Å²) in [7, 11) is 0. The van der Waals surface area contributed by atoms with E-state index >= 15 is 0 Å². The predicted octanol–water partition coefficient (Wildman–Crippen LogP) is 4.98. The molecule has 0 radical (unpaired) electrons. The molecule has 0 fully saturated rings. The number of halogens is 1. The maximum absolute atomic E-state index is 5.31. The van der Waals surface area contributed by atoms with E-state index in [2.05, 4.69) is 63.8 Å². The van der Waals surface area contributed by atoms with Gasteiger partial charge in [0.15, 0.2) is 5.11 Å². The van der Waals surface area contributed by atoms with Gasteiger partial charge >= 0.3 is 0 Å². The van der Waals surface area contributed by atoms with Crippen LogP contribution in [0.4, 0.5) is 5.69 Å². The van der Waals surface area contributed by atoms with Gasteiger partial charge in [-0.3, -0.25) is 0 Å². The van der Waals surface area contributed by atoms with Gasteiger partial charge in [0.25, 0.3) is 0 Å². The number of nitrogens with one attached hydrogen (secondary N) is 2. The van der Waals surface area contributed by atoms with E-state index < -0.39 is 0 Å². The van der Waals surface area contributed by atoms with Gasteiger partial charge in [0.1, 0.15) is 0 Å². The SMILES string of the molecule is Cc1cc(NC(=S)NCCSCc2ccccc2)ccc1Br. The summed E-state index contributed by atoms with van der Waals surface area (Å²) in [5.41, 5.74) is 3.56. The van der Waals surface area contributed by atoms with Crippen molar-refractivity contribution < 1.29 is 0 Å². The lowest BCUT2D eigenvalue weighted by molar-refractivity contribution is 0.989. The molecule has 2 aromatic rings. The summed E-state index contributed by atoms with van der Waals surface area (Å²) in [5.74, 6) is 2.06. The Labute approximate surface area is 150 Å². The van der Waals surface area contributed by atoms with Gasteiger partial charge in [-0.25, -0.2) is 0 Å². The Kier molecular flexibility index (Phi) is 7.22. The van der Waals surface area contributed by atoms with Crippen LogP contribution >= 0.6 is 39.9 Å². The summed E-state index contributed by atoms with van der Waals surface area (Å²) in [6.07, 6.45) is 0. The van der Waals surface area contributed by atoms with Crippen LogP contribution in [0.15, 0.2) is 53.0 Å². The van der Waals surface area contributed by atoms with Crippen LogP contribution in [0.2, 0.25) is 0 Å². The minimum absolute atomic E-state index is 0.669. The lowest BCUT2D eigenvalue weighted by Crippen LogP contribution is -2.30. The fraction of sp³-hybridized carbons (Fsp3) is 0.235. The van der Waals surface area contributed by atoms with Gasteiger partial charge in [-0.15, -0.1) is 0 Å². The number of thiocarbonyl (C=S) groups is 1. The molecule has 2 N–H and O–H groups in total. The third-order valence-corrected chi connectivity index (χ3v) is 5.23. The Bertz CT molecular complexity index is 617. The second-order valence-corrected chi connectivity index (χ2v) is 7.25. The second-order valence-electron chi connectivity index (χ2n) is 4.88. The summed E-state index contributed by atoms with van der Waals surface area (Å²) < 4.78 is 1.11. The molecular weight excluding hydrogens is 376 g/mol. The molecular formula is C17H19BrN2S2. The predicted molar refractivity (Wildman–Crippen MR) is 106 cm³/mol. The molecule has 0 heterocycles. The fourth-order valence-corrected chi connectivity index (χ4v) is 3.18. The van der Waals surface area contributed by atoms with Gasteiger partial charge in [0, 0.05) is 28.2 Å². The molecule has 0 amide bonds. The van der Waals surface area contributed by atoms with E-state index in [-0.39, 0.29) is 0 Å². The average Bonchev–Trinajstić information content (AvgIpc) is 2.52. The maximum Gasteiger partial charge on any atom is 0.170 e. The smallest absolute Gasteiger partial charge is 0.170 e. The first-order chi connectivity index (χ1) is 10.6. The van der Waals surface area contributed by atoms with Crippen LogP contribution in [-0.4, -0.2) is 17.4 Å². The van der Waals surface area contributed by atoms with Crippen molar-refractivity contribution in [3.8, 4) is 0 Å². The van der Waals surface area contributed by atoms with E-state index in [4.69, 9.17) is 12.2 Å². The zero-order valence-corrected chi connectivity index (χ0v) is 15.7. The fourth-order valence-electron chi connectivity index (χ4n) is 1.90. The van der Waals surface area contributed by atoms with E-state index in [9.17, 15) is 0 Å². The van der Waals surface area contributed by atoms with Gasteiger partial charge < -0.3 is 10.6 Å². The highest BCUT2D eigenvalue weighted by Crippen LogP contribution is 2.19. The van der Waals surface area contributed by atoms with Crippen molar-refractivity contribution in [1.82, 2.24) is 5.32 Å². The Balaban J connectivity index is 1.64. The van der Waals surface area contributed by atoms with Crippen LogP contribution in [0.3, 0.4) is 0 Å². The van der Waals surface area contributed by atoms with Gasteiger partial charge in [0.2, 0.25) is 0 Å². The van der Waals surface area contributed by atoms with E-state index in [1.807, 2.05) is 30.0 Å². The lowest BCUT2D eigenvalue weighted by atomic mass is 10.2. The molecule has 0 unspecified atom stereocenters. The number of hydrogen-bond donors (Lipinski definition) is 2. The highest BCUT2D eigenvalue weighted by atomic mass is 79.9. The standard InChI is InChI=1S/C17H19BrN2S2/c1-13-11-15(7-8-16(13)18)20-17(21)19-9-10-22-12-14-5-3-2-4-6-14/h2-8,11H,9-10,12H2,1H3,(H2,19,20,21). The molecule has 0 aromatic heterocycles. The van der Waals surface area contributed by atoms with E-state index in [1.54, 1.807) is 0 Å². The first kappa shape index (κ1) is 17.3. The van der Waals surface area contributed by atoms with Crippen molar-refractivity contribution in [3.05, 3.63) is 64.1 Å². The van der Waals surface area contributed by atoms with Crippen LogP contribution in [0.5, 0.6) is 0 Å². The topological polar surface area (TPSA) is 24.1 Å². The average molecular weight is 395 g/mol. The molecule has 2 nitrogen and oxygen atoms in total. The number of benzene rings is 2. The third-order valence-electron chi connectivity index (χ3n) is 3.06. The minimum atomic E-state index is 0.669. The Morgan fingerprint density at radius 2 is 1.95 bits per heavy atom. The van der Waals surface area contributed by atoms with E-state index in [1.165, 1.54) is 11.1 Å². The Morgan fingerprint density at radius 1 is 1.18 bits per heavy atom. The first-order valence-corrected chi connectivity index (χ1v) is 9.43. The van der Waals surface area contributed by atoms with E-state index in [0.29, 0.717) is 5.11 Å². The van der Waals surface area contributed by atoms with Crippen LogP contribution in [0, 0.1) is 6.92 Å². The molecule has 22 heavy (non-hydrogen) atoms. The maximum atomic E-state index is 5.31. The Morgan fingerprint density at radius 3 is 2.68 bits per heavy atom. The van der Waals surface area contributed by atoms with Crippen molar-refractivity contribution in [2.75, 3.05) is 17.6 Å². The zero-order chi connectivity index (χ0) is 15.8. The molecule has 0 saturated carbocycles. The molecule has 0 aliphatic rings. The molecule has 0 aliphatic carbocycles. The van der Waals surface area contributed by atoms with Crippen molar-refractivity contribution in [2.45, 2.75) is 12.7 Å². The Hall–Kier alpha value is -1.04. The monoisotopic (exact) mass is 394 g/mol. The first-order valence-electron chi connectivity index (χ1n) is 7.08. The van der Waals surface area contributed by atoms with Gasteiger partial charge in [0.05, 0.1) is 0 Å². The molecule has 2 aromatic carbocycles. The van der Waals surface area contributed by atoms with E-state index in [0.717, 1.165) is 28.2 Å². The number of aryl methyl sites for hydroxylation is 1. The zero-order valence-electron chi connectivity index (χ0n) is 12.4. The summed E-state index contributed by atoms with van der Waals surface area (Å²) in [5, 5.41) is 7.12. The minimum Gasteiger partial charge on any atom is -0.362 e. The van der Waals surface area contributed by atoms with Gasteiger partial charge in [-0.2, -0.15) is 11.8 Å². The summed E-state index contributed by atoms with van der Waals surface area (Å²) in [6, 6.07) is 16.6. The summed E-state index contributed by atoms with van der Waals surface area (Å²) in [4.78, 5) is 0. The van der Waals surface area contributed by atoms with Crippen molar-refractivity contribution >= 4 is 50.7 Å². The normalized spacial score (nSPS) is 10.3. The molecule has 116 valence electrons. The summed E-state index contributed by atoms with van der Waals surface area (Å²) >= 11 is 10.7. The van der Waals surface area contributed by atoms with Crippen molar-refractivity contribution in [2.24, 2.45) is 0 Å². The third kappa shape index (κ3) is 5.99. The molecule has 0 aliphatic heterocycles. The molecule has 0 saturated heterocycles. The highest BCUT2D eigenvalue weighted by molar-refractivity contribution is 9.10. The number of anilines is 1. The van der Waals surface area contributed by atoms with Crippen LogP contribution < -0.4 is 10.6 Å². The van der Waals surface area contributed by atoms with Crippen molar-refractivity contribution in [3.63, 3.8) is 0 Å². The lowest BCUT2D eigenvalue weighted by Gasteiger charge is -2.11. The highest BCUT2D eigenvalue weighted by Gasteiger charge is 2.00. The molecule has 5 heteroatoms. The molecule has 0 spiro atoms. The van der Waals surface area contributed by atoms with Crippen LogP contribution in [0.1, 0.15) is 11.1 Å². The summed E-state index contributed by atoms with van der Waals surface area (Å²) in [6.45, 7) is 2.92. The quantitative estimate of drug-likeness (QED) is 0.532. The molecule has 2 rings (SSSR count). The van der Waals surface area contributed by atoms with Crippen LogP contribution in [-0.2, 0) is 5.75 Å². The number of thioether (sulfide) groups is 1.